The first-order valence-corrected chi connectivity index (χ1v) is 10.7. The molecule has 1 aromatic rings. The summed E-state index contributed by atoms with van der Waals surface area (Å²) in [5.74, 6) is -1.91. The fourth-order valence-corrected chi connectivity index (χ4v) is 3.74. The minimum Gasteiger partial charge on any atom is -0.480 e. The molecule has 1 aromatic carbocycles. The van der Waals surface area contributed by atoms with Gasteiger partial charge in [0, 0.05) is 35.9 Å². The Balaban J connectivity index is 2.46. The van der Waals surface area contributed by atoms with Gasteiger partial charge in [-0.15, -0.1) is 0 Å². The number of amides is 1. The van der Waals surface area contributed by atoms with Crippen LogP contribution < -0.4 is 5.32 Å². The number of carbonyl (C=O) groups is 2. The van der Waals surface area contributed by atoms with Gasteiger partial charge < -0.3 is 20.4 Å². The summed E-state index contributed by atoms with van der Waals surface area (Å²) >= 11 is 2.00. The lowest BCUT2D eigenvalue weighted by molar-refractivity contribution is -0.146. The zero-order chi connectivity index (χ0) is 22.5. The Hall–Kier alpha value is -2.01. The zero-order valence-corrected chi connectivity index (χ0v) is 19.4. The number of aliphatic hydroxyl groups excluding tert-OH is 1. The Bertz CT molecular complexity index is 864. The number of carboxylic acids is 1. The van der Waals surface area contributed by atoms with E-state index in [1.54, 1.807) is 17.0 Å². The minimum absolute atomic E-state index is 0.0641. The average molecular weight is 531 g/mol. The summed E-state index contributed by atoms with van der Waals surface area (Å²) in [6, 6.07) is 3.80. The van der Waals surface area contributed by atoms with E-state index in [9.17, 15) is 19.1 Å². The van der Waals surface area contributed by atoms with Crippen LogP contribution in [0.25, 0.3) is 0 Å². The predicted molar refractivity (Wildman–Crippen MR) is 121 cm³/mol. The third kappa shape index (κ3) is 6.24. The Kier molecular flexibility index (Phi) is 8.36. The van der Waals surface area contributed by atoms with E-state index in [0.717, 1.165) is 3.57 Å². The molecule has 1 atom stereocenters. The van der Waals surface area contributed by atoms with Crippen LogP contribution in [0, 0.1) is 14.8 Å². The van der Waals surface area contributed by atoms with Gasteiger partial charge in [-0.05, 0) is 52.6 Å². The van der Waals surface area contributed by atoms with Crippen LogP contribution in [0.1, 0.15) is 33.6 Å². The van der Waals surface area contributed by atoms with Crippen LogP contribution in [0.15, 0.2) is 35.0 Å². The van der Waals surface area contributed by atoms with Gasteiger partial charge in [0.15, 0.2) is 0 Å². The number of carboxylic acid groups (broad SMARTS) is 1. The molecule has 1 amide bonds. The first-order chi connectivity index (χ1) is 14.0. The summed E-state index contributed by atoms with van der Waals surface area (Å²) in [6.45, 7) is 6.01. The fourth-order valence-electron chi connectivity index (χ4n) is 3.29. The van der Waals surface area contributed by atoms with Crippen molar-refractivity contribution in [2.75, 3.05) is 19.7 Å². The summed E-state index contributed by atoms with van der Waals surface area (Å²) in [7, 11) is 0. The van der Waals surface area contributed by atoms with Crippen molar-refractivity contribution in [1.82, 2.24) is 10.2 Å². The number of aliphatic imine (C=N–C) groups is 1. The van der Waals surface area contributed by atoms with E-state index in [4.69, 9.17) is 5.11 Å². The summed E-state index contributed by atoms with van der Waals surface area (Å²) < 4.78 is 15.0. The number of aliphatic hydroxyl groups is 1. The number of halogens is 2. The number of rotatable bonds is 7. The molecule has 3 N–H and O–H groups in total. The van der Waals surface area contributed by atoms with Crippen molar-refractivity contribution in [2.24, 2.45) is 10.4 Å². The van der Waals surface area contributed by atoms with Gasteiger partial charge in [0.1, 0.15) is 11.9 Å². The van der Waals surface area contributed by atoms with Crippen molar-refractivity contribution in [3.63, 3.8) is 0 Å². The third-order valence-corrected chi connectivity index (χ3v) is 5.30. The summed E-state index contributed by atoms with van der Waals surface area (Å²) in [4.78, 5) is 30.7. The maximum absolute atomic E-state index is 14.3. The number of hydrogen-bond donors (Lipinski definition) is 3. The van der Waals surface area contributed by atoms with Crippen LogP contribution in [-0.2, 0) is 9.59 Å². The molecule has 0 aliphatic carbocycles. The normalized spacial score (nSPS) is 16.9. The van der Waals surface area contributed by atoms with Gasteiger partial charge >= 0.3 is 5.97 Å². The number of nitrogens with zero attached hydrogens (tertiary/aromatic N) is 2. The molecule has 0 bridgehead atoms. The molecule has 7 nitrogen and oxygen atoms in total. The number of benzene rings is 1. The van der Waals surface area contributed by atoms with Crippen LogP contribution in [-0.4, -0.2) is 58.4 Å². The van der Waals surface area contributed by atoms with Crippen molar-refractivity contribution >= 4 is 45.9 Å². The molecule has 0 fully saturated rings. The molecule has 0 saturated carbocycles. The number of carbonyl (C=O) groups excluding carboxylic acids is 1. The van der Waals surface area contributed by atoms with E-state index in [2.05, 4.69) is 10.3 Å². The second-order valence-corrected chi connectivity index (χ2v) is 9.37. The average Bonchev–Trinajstić information content (AvgIpc) is 2.63. The smallest absolute Gasteiger partial charge is 0.326 e. The van der Waals surface area contributed by atoms with Crippen molar-refractivity contribution in [3.05, 3.63) is 39.4 Å². The van der Waals surface area contributed by atoms with Gasteiger partial charge in [-0.2, -0.15) is 0 Å². The molecule has 9 heteroatoms. The van der Waals surface area contributed by atoms with E-state index in [0.29, 0.717) is 25.1 Å². The molecule has 0 saturated heterocycles. The van der Waals surface area contributed by atoms with Crippen molar-refractivity contribution in [3.8, 4) is 0 Å². The molecule has 0 radical (unpaired) electrons. The van der Waals surface area contributed by atoms with Gasteiger partial charge in [0.05, 0.1) is 17.0 Å². The number of aliphatic carboxylic acids is 1. The Labute approximate surface area is 189 Å². The minimum atomic E-state index is -0.983. The molecular formula is C21H27FIN3O4. The number of hydrogen-bond acceptors (Lipinski definition) is 5. The van der Waals surface area contributed by atoms with Gasteiger partial charge in [-0.25, -0.2) is 14.2 Å². The first-order valence-electron chi connectivity index (χ1n) is 9.67. The molecule has 30 heavy (non-hydrogen) atoms. The van der Waals surface area contributed by atoms with Crippen LogP contribution in [0.2, 0.25) is 0 Å². The molecule has 0 spiro atoms. The molecule has 164 valence electrons. The maximum Gasteiger partial charge on any atom is 0.326 e. The lowest BCUT2D eigenvalue weighted by atomic mass is 9.84. The lowest BCUT2D eigenvalue weighted by Crippen LogP contribution is -2.50. The highest BCUT2D eigenvalue weighted by atomic mass is 127. The highest BCUT2D eigenvalue weighted by Gasteiger charge is 2.38. The Morgan fingerprint density at radius 3 is 2.63 bits per heavy atom. The zero-order valence-electron chi connectivity index (χ0n) is 17.3. The third-order valence-electron chi connectivity index (χ3n) is 4.63. The Morgan fingerprint density at radius 1 is 1.37 bits per heavy atom. The maximum atomic E-state index is 14.3. The SMILES string of the molecule is CC(C)(C)C(C(=O)O)N1C=C(C(=O)NCCCO)C(=Nc2ccc(I)cc2F)CC1. The van der Waals surface area contributed by atoms with E-state index in [1.807, 2.05) is 43.4 Å². The topological polar surface area (TPSA) is 102 Å². The lowest BCUT2D eigenvalue weighted by Gasteiger charge is -2.39. The van der Waals surface area contributed by atoms with Gasteiger partial charge in [-0.3, -0.25) is 4.79 Å². The molecule has 1 unspecified atom stereocenters. The van der Waals surface area contributed by atoms with Crippen LogP contribution in [0.4, 0.5) is 10.1 Å². The molecular weight excluding hydrogens is 504 g/mol. The molecule has 0 aromatic heterocycles. The molecule has 2 rings (SSSR count). The first kappa shape index (κ1) is 24.3. The number of nitrogens with one attached hydrogen (secondary N) is 1. The fraction of sp³-hybridized carbons (Fsp3) is 0.476. The quantitative estimate of drug-likeness (QED) is 0.371. The van der Waals surface area contributed by atoms with Crippen LogP contribution in [0.5, 0.6) is 0 Å². The summed E-state index contributed by atoms with van der Waals surface area (Å²) in [5, 5.41) is 21.4. The summed E-state index contributed by atoms with van der Waals surface area (Å²) in [6.07, 6.45) is 2.19. The van der Waals surface area contributed by atoms with Crippen molar-refractivity contribution in [1.29, 1.82) is 0 Å². The van der Waals surface area contributed by atoms with E-state index >= 15 is 0 Å². The van der Waals surface area contributed by atoms with E-state index in [-0.39, 0.29) is 24.4 Å². The van der Waals surface area contributed by atoms with E-state index < -0.39 is 29.2 Å². The molecule has 1 aliphatic rings. The standard InChI is InChI=1S/C21H27FIN3O4/c1-21(2,3)18(20(29)30)26-9-7-16(14(12-26)19(28)24-8-4-10-27)25-17-6-5-13(23)11-15(17)22/h5-6,11-12,18,27H,4,7-10H2,1-3H3,(H,24,28)(H,29,30). The molecule has 1 aliphatic heterocycles. The second kappa shape index (κ2) is 10.3. The van der Waals surface area contributed by atoms with Crippen molar-refractivity contribution in [2.45, 2.75) is 39.7 Å². The van der Waals surface area contributed by atoms with Crippen molar-refractivity contribution < 1.29 is 24.2 Å². The van der Waals surface area contributed by atoms with Crippen LogP contribution in [0.3, 0.4) is 0 Å². The summed E-state index contributed by atoms with van der Waals surface area (Å²) in [5.41, 5.74) is 0.148. The largest absolute Gasteiger partial charge is 0.480 e. The highest BCUT2D eigenvalue weighted by molar-refractivity contribution is 14.1. The Morgan fingerprint density at radius 2 is 2.07 bits per heavy atom. The monoisotopic (exact) mass is 531 g/mol. The predicted octanol–water partition coefficient (Wildman–Crippen LogP) is 3.09. The van der Waals surface area contributed by atoms with Crippen LogP contribution >= 0.6 is 22.6 Å². The van der Waals surface area contributed by atoms with Gasteiger partial charge in [-0.1, -0.05) is 20.8 Å². The van der Waals surface area contributed by atoms with Gasteiger partial charge in [0.2, 0.25) is 0 Å². The van der Waals surface area contributed by atoms with E-state index in [1.165, 1.54) is 12.3 Å². The van der Waals surface area contributed by atoms with Gasteiger partial charge in [0.25, 0.3) is 5.91 Å². The highest BCUT2D eigenvalue weighted by Crippen LogP contribution is 2.29. The second-order valence-electron chi connectivity index (χ2n) is 8.12. The molecule has 1 heterocycles.